The molecule has 2 aromatic carbocycles. The molecular formula is C19H21N3O3. The highest BCUT2D eigenvalue weighted by Gasteiger charge is 2.14. The standard InChI is InChI=1S/C19H21N3O3/c1-2-15(13-24-18-10-6-9-17(21)16(18)11-20)22-19(23)25-12-14-7-4-3-5-8-14/h3-10,15H,2,12-13,21H2,1H3,(H,22,23)/t15-/m0/s1. The first-order valence-electron chi connectivity index (χ1n) is 8.02. The lowest BCUT2D eigenvalue weighted by Crippen LogP contribution is -2.39. The number of hydrogen-bond acceptors (Lipinski definition) is 5. The van der Waals surface area contributed by atoms with Gasteiger partial charge in [0.15, 0.2) is 0 Å². The lowest BCUT2D eigenvalue weighted by molar-refractivity contribution is 0.130. The quantitative estimate of drug-likeness (QED) is 0.755. The molecule has 2 aromatic rings. The van der Waals surface area contributed by atoms with Crippen molar-refractivity contribution in [3.05, 3.63) is 59.7 Å². The Balaban J connectivity index is 1.85. The Labute approximate surface area is 147 Å². The molecule has 0 saturated carbocycles. The zero-order valence-electron chi connectivity index (χ0n) is 14.1. The van der Waals surface area contributed by atoms with Gasteiger partial charge in [-0.15, -0.1) is 0 Å². The van der Waals surface area contributed by atoms with Crippen molar-refractivity contribution in [2.75, 3.05) is 12.3 Å². The monoisotopic (exact) mass is 339 g/mol. The van der Waals surface area contributed by atoms with Crippen molar-refractivity contribution < 1.29 is 14.3 Å². The van der Waals surface area contributed by atoms with Gasteiger partial charge in [-0.05, 0) is 24.1 Å². The molecule has 2 rings (SSSR count). The van der Waals surface area contributed by atoms with Gasteiger partial charge in [0.05, 0.1) is 11.7 Å². The molecule has 25 heavy (non-hydrogen) atoms. The number of amides is 1. The molecule has 0 aromatic heterocycles. The number of alkyl carbamates (subject to hydrolysis) is 1. The second-order valence-corrected chi connectivity index (χ2v) is 5.45. The first-order chi connectivity index (χ1) is 12.1. The van der Waals surface area contributed by atoms with Gasteiger partial charge in [0, 0.05) is 0 Å². The summed E-state index contributed by atoms with van der Waals surface area (Å²) in [4.78, 5) is 11.9. The maximum atomic E-state index is 11.9. The normalized spacial score (nSPS) is 11.2. The van der Waals surface area contributed by atoms with E-state index in [1.807, 2.05) is 43.3 Å². The van der Waals surface area contributed by atoms with Crippen LogP contribution in [0.2, 0.25) is 0 Å². The molecule has 0 fully saturated rings. The van der Waals surface area contributed by atoms with E-state index < -0.39 is 6.09 Å². The first kappa shape index (κ1) is 18.1. The Morgan fingerprint density at radius 3 is 2.68 bits per heavy atom. The molecule has 130 valence electrons. The molecule has 0 saturated heterocycles. The average molecular weight is 339 g/mol. The minimum absolute atomic E-state index is 0.206. The SMILES string of the molecule is CC[C@@H](COc1cccc(N)c1C#N)NC(=O)OCc1ccccc1. The molecule has 1 atom stereocenters. The van der Waals surface area contributed by atoms with Crippen molar-refractivity contribution >= 4 is 11.8 Å². The zero-order valence-corrected chi connectivity index (χ0v) is 14.1. The van der Waals surface area contributed by atoms with Crippen LogP contribution in [0.1, 0.15) is 24.5 Å². The fraction of sp³-hybridized carbons (Fsp3) is 0.263. The number of nitrogens with one attached hydrogen (secondary N) is 1. The third kappa shape index (κ3) is 5.43. The molecule has 3 N–H and O–H groups in total. The molecule has 6 heteroatoms. The lowest BCUT2D eigenvalue weighted by atomic mass is 10.2. The summed E-state index contributed by atoms with van der Waals surface area (Å²) < 4.78 is 10.9. The predicted molar refractivity (Wildman–Crippen MR) is 94.9 cm³/mol. The van der Waals surface area contributed by atoms with Crippen molar-refractivity contribution in [2.24, 2.45) is 0 Å². The van der Waals surface area contributed by atoms with Gasteiger partial charge >= 0.3 is 6.09 Å². The summed E-state index contributed by atoms with van der Waals surface area (Å²) >= 11 is 0. The summed E-state index contributed by atoms with van der Waals surface area (Å²) in [6.07, 6.45) is 0.150. The molecule has 0 aliphatic rings. The average Bonchev–Trinajstić information content (AvgIpc) is 2.64. The minimum Gasteiger partial charge on any atom is -0.490 e. The highest BCUT2D eigenvalue weighted by atomic mass is 16.5. The number of hydrogen-bond donors (Lipinski definition) is 2. The minimum atomic E-state index is -0.507. The summed E-state index contributed by atoms with van der Waals surface area (Å²) in [7, 11) is 0. The van der Waals surface area contributed by atoms with Crippen LogP contribution < -0.4 is 15.8 Å². The van der Waals surface area contributed by atoms with Crippen molar-refractivity contribution in [3.63, 3.8) is 0 Å². The second-order valence-electron chi connectivity index (χ2n) is 5.45. The van der Waals surface area contributed by atoms with Gasteiger partial charge in [0.1, 0.15) is 30.6 Å². The van der Waals surface area contributed by atoms with Crippen molar-refractivity contribution in [3.8, 4) is 11.8 Å². The third-order valence-corrected chi connectivity index (χ3v) is 3.64. The molecule has 0 spiro atoms. The number of nitriles is 1. The van der Waals surface area contributed by atoms with Crippen molar-refractivity contribution in [2.45, 2.75) is 26.0 Å². The van der Waals surface area contributed by atoms with E-state index >= 15 is 0 Å². The van der Waals surface area contributed by atoms with Crippen LogP contribution >= 0.6 is 0 Å². The predicted octanol–water partition coefficient (Wildman–Crippen LogP) is 3.22. The number of carbonyl (C=O) groups is 1. The Morgan fingerprint density at radius 2 is 2.00 bits per heavy atom. The van der Waals surface area contributed by atoms with Crippen LogP contribution in [0.4, 0.5) is 10.5 Å². The molecule has 6 nitrogen and oxygen atoms in total. The van der Waals surface area contributed by atoms with Gasteiger partial charge in [-0.2, -0.15) is 5.26 Å². The first-order valence-corrected chi connectivity index (χ1v) is 8.02. The van der Waals surface area contributed by atoms with Crippen LogP contribution in [0.15, 0.2) is 48.5 Å². The van der Waals surface area contributed by atoms with Gasteiger partial charge in [-0.1, -0.05) is 43.3 Å². The fourth-order valence-electron chi connectivity index (χ4n) is 2.17. The number of benzene rings is 2. The molecule has 0 radical (unpaired) electrons. The topological polar surface area (TPSA) is 97.4 Å². The van der Waals surface area contributed by atoms with Gasteiger partial charge in [-0.3, -0.25) is 0 Å². The second kappa shape index (κ2) is 9.18. The van der Waals surface area contributed by atoms with E-state index in [0.29, 0.717) is 23.4 Å². The number of nitrogen functional groups attached to an aromatic ring is 1. The van der Waals surface area contributed by atoms with E-state index in [2.05, 4.69) is 5.32 Å². The highest BCUT2D eigenvalue weighted by Crippen LogP contribution is 2.23. The lowest BCUT2D eigenvalue weighted by Gasteiger charge is -2.18. The molecular weight excluding hydrogens is 318 g/mol. The van der Waals surface area contributed by atoms with E-state index in [1.165, 1.54) is 0 Å². The summed E-state index contributed by atoms with van der Waals surface area (Å²) in [6, 6.07) is 16.3. The van der Waals surface area contributed by atoms with Gasteiger partial charge in [0.2, 0.25) is 0 Å². The Kier molecular flexibility index (Phi) is 6.66. The fourth-order valence-corrected chi connectivity index (χ4v) is 2.17. The van der Waals surface area contributed by atoms with Crippen LogP contribution in [0.3, 0.4) is 0 Å². The van der Waals surface area contributed by atoms with E-state index in [9.17, 15) is 4.79 Å². The number of rotatable bonds is 7. The molecule has 0 unspecified atom stereocenters. The van der Waals surface area contributed by atoms with Crippen molar-refractivity contribution in [1.29, 1.82) is 5.26 Å². The Morgan fingerprint density at radius 1 is 1.24 bits per heavy atom. The molecule has 1 amide bonds. The van der Waals surface area contributed by atoms with Gasteiger partial charge in [-0.25, -0.2) is 4.79 Å². The number of nitrogens with zero attached hydrogens (tertiary/aromatic N) is 1. The van der Waals surface area contributed by atoms with Crippen LogP contribution in [-0.2, 0) is 11.3 Å². The molecule has 0 aliphatic carbocycles. The third-order valence-electron chi connectivity index (χ3n) is 3.64. The van der Waals surface area contributed by atoms with E-state index in [4.69, 9.17) is 20.5 Å². The number of nitrogens with two attached hydrogens (primary N) is 1. The highest BCUT2D eigenvalue weighted by molar-refractivity contribution is 5.67. The Hall–Kier alpha value is -3.20. The van der Waals surface area contributed by atoms with E-state index in [-0.39, 0.29) is 19.3 Å². The molecule has 0 bridgehead atoms. The van der Waals surface area contributed by atoms with E-state index in [0.717, 1.165) is 5.56 Å². The maximum Gasteiger partial charge on any atom is 0.407 e. The van der Waals surface area contributed by atoms with Crippen molar-refractivity contribution in [1.82, 2.24) is 5.32 Å². The van der Waals surface area contributed by atoms with E-state index in [1.54, 1.807) is 18.2 Å². The largest absolute Gasteiger partial charge is 0.490 e. The Bertz CT molecular complexity index is 741. The maximum absolute atomic E-state index is 11.9. The molecule has 0 aliphatic heterocycles. The van der Waals surface area contributed by atoms with Gasteiger partial charge < -0.3 is 20.5 Å². The van der Waals surface area contributed by atoms with Crippen LogP contribution in [0.25, 0.3) is 0 Å². The summed E-state index contributed by atoms with van der Waals surface area (Å²) in [6.45, 7) is 2.35. The summed E-state index contributed by atoms with van der Waals surface area (Å²) in [5.41, 5.74) is 7.33. The van der Waals surface area contributed by atoms with Gasteiger partial charge in [0.25, 0.3) is 0 Å². The zero-order chi connectivity index (χ0) is 18.1. The van der Waals surface area contributed by atoms with Crippen LogP contribution in [-0.4, -0.2) is 18.7 Å². The molecule has 0 heterocycles. The number of carbonyl (C=O) groups excluding carboxylic acids is 1. The summed E-state index contributed by atoms with van der Waals surface area (Å²) in [5, 5.41) is 11.9. The van der Waals surface area contributed by atoms with Crippen LogP contribution in [0, 0.1) is 11.3 Å². The van der Waals surface area contributed by atoms with Crippen LogP contribution in [0.5, 0.6) is 5.75 Å². The number of anilines is 1. The number of ether oxygens (including phenoxy) is 2. The smallest absolute Gasteiger partial charge is 0.407 e. The summed E-state index contributed by atoms with van der Waals surface area (Å²) in [5.74, 6) is 0.403.